The summed E-state index contributed by atoms with van der Waals surface area (Å²) in [6.07, 6.45) is 7.18. The van der Waals surface area contributed by atoms with Gasteiger partial charge in [-0.3, -0.25) is 0 Å². The zero-order valence-corrected chi connectivity index (χ0v) is 17.0. The van der Waals surface area contributed by atoms with Crippen molar-refractivity contribution < 1.29 is 0 Å². The Bertz CT molecular complexity index is 471. The summed E-state index contributed by atoms with van der Waals surface area (Å²) in [4.78, 5) is 0.394. The van der Waals surface area contributed by atoms with Crippen molar-refractivity contribution in [3.63, 3.8) is 0 Å². The van der Waals surface area contributed by atoms with E-state index in [0.717, 1.165) is 18.2 Å². The summed E-state index contributed by atoms with van der Waals surface area (Å²) in [5.74, 6) is 0.471. The SMILES string of the molecule is CC1(C)CCC[C@@]2(C)C(Cl)(Cl)[C@]23C[C@H](Br)C(CBr)=C[C@H]13. The van der Waals surface area contributed by atoms with Crippen LogP contribution in [0.5, 0.6) is 0 Å². The molecule has 0 bridgehead atoms. The van der Waals surface area contributed by atoms with Crippen LogP contribution in [0.3, 0.4) is 0 Å². The molecule has 3 rings (SSSR count). The van der Waals surface area contributed by atoms with Gasteiger partial charge in [-0.2, -0.15) is 0 Å². The highest BCUT2D eigenvalue weighted by molar-refractivity contribution is 9.10. The van der Waals surface area contributed by atoms with Crippen molar-refractivity contribution in [1.29, 1.82) is 0 Å². The van der Waals surface area contributed by atoms with Crippen molar-refractivity contribution in [2.75, 3.05) is 5.33 Å². The molecule has 0 heterocycles. The Morgan fingerprint density at radius 2 is 1.90 bits per heavy atom. The minimum Gasteiger partial charge on any atom is -0.100 e. The Hall–Kier alpha value is 1.28. The molecule has 0 unspecified atom stereocenters. The lowest BCUT2D eigenvalue weighted by Crippen LogP contribution is -2.39. The van der Waals surface area contributed by atoms with Gasteiger partial charge in [0.2, 0.25) is 0 Å². The van der Waals surface area contributed by atoms with Crippen molar-refractivity contribution in [2.24, 2.45) is 22.2 Å². The Balaban J connectivity index is 2.16. The topological polar surface area (TPSA) is 0 Å². The molecular weight excluding hydrogens is 423 g/mol. The van der Waals surface area contributed by atoms with Crippen LogP contribution < -0.4 is 0 Å². The molecule has 0 aromatic carbocycles. The first-order chi connectivity index (χ1) is 9.14. The van der Waals surface area contributed by atoms with Gasteiger partial charge in [0.1, 0.15) is 4.33 Å². The van der Waals surface area contributed by atoms with Gasteiger partial charge in [-0.25, -0.2) is 0 Å². The highest BCUT2D eigenvalue weighted by Crippen LogP contribution is 2.87. The van der Waals surface area contributed by atoms with E-state index in [1.807, 2.05) is 0 Å². The molecule has 2 fully saturated rings. The highest BCUT2D eigenvalue weighted by Gasteiger charge is 2.87. The first kappa shape index (κ1) is 16.1. The second kappa shape index (κ2) is 4.65. The summed E-state index contributed by atoms with van der Waals surface area (Å²) in [7, 11) is 0. The van der Waals surface area contributed by atoms with E-state index in [1.165, 1.54) is 18.4 Å². The van der Waals surface area contributed by atoms with Crippen LogP contribution >= 0.6 is 55.1 Å². The van der Waals surface area contributed by atoms with Gasteiger partial charge in [-0.05, 0) is 36.2 Å². The maximum Gasteiger partial charge on any atom is 0.131 e. The number of halogens is 4. The molecule has 0 saturated heterocycles. The van der Waals surface area contributed by atoms with Crippen LogP contribution in [0.25, 0.3) is 0 Å². The Kier molecular flexibility index (Phi) is 3.75. The van der Waals surface area contributed by atoms with Gasteiger partial charge < -0.3 is 0 Å². The first-order valence-electron chi connectivity index (χ1n) is 7.42. The molecule has 0 aromatic heterocycles. The summed E-state index contributed by atoms with van der Waals surface area (Å²) in [5.41, 5.74) is 1.81. The maximum atomic E-state index is 6.88. The number of rotatable bonds is 1. The van der Waals surface area contributed by atoms with Gasteiger partial charge in [-0.1, -0.05) is 65.1 Å². The van der Waals surface area contributed by atoms with Crippen LogP contribution in [0.2, 0.25) is 0 Å². The van der Waals surface area contributed by atoms with Crippen molar-refractivity contribution in [2.45, 2.75) is 55.6 Å². The van der Waals surface area contributed by atoms with Gasteiger partial charge >= 0.3 is 0 Å². The van der Waals surface area contributed by atoms with Crippen LogP contribution in [0.4, 0.5) is 0 Å². The molecule has 0 aromatic rings. The molecule has 3 aliphatic rings. The van der Waals surface area contributed by atoms with Crippen LogP contribution in [-0.2, 0) is 0 Å². The summed E-state index contributed by atoms with van der Waals surface area (Å²) in [6, 6.07) is 0. The average molecular weight is 445 g/mol. The Morgan fingerprint density at radius 3 is 2.50 bits per heavy atom. The monoisotopic (exact) mass is 442 g/mol. The number of alkyl halides is 4. The smallest absolute Gasteiger partial charge is 0.100 e. The summed E-state index contributed by atoms with van der Waals surface area (Å²) in [5, 5.41) is 0.930. The number of allylic oxidation sites excluding steroid dienone is 2. The van der Waals surface area contributed by atoms with E-state index in [1.54, 1.807) is 0 Å². The molecule has 0 nitrogen and oxygen atoms in total. The zero-order chi connectivity index (χ0) is 15.0. The lowest BCUT2D eigenvalue weighted by molar-refractivity contribution is 0.130. The van der Waals surface area contributed by atoms with E-state index in [0.29, 0.717) is 10.7 Å². The van der Waals surface area contributed by atoms with E-state index in [2.05, 4.69) is 58.7 Å². The first-order valence-corrected chi connectivity index (χ1v) is 10.2. The molecule has 4 atom stereocenters. The van der Waals surface area contributed by atoms with Crippen molar-refractivity contribution >= 4 is 55.1 Å². The summed E-state index contributed by atoms with van der Waals surface area (Å²) >= 11 is 21.3. The second-order valence-corrected chi connectivity index (χ2v) is 10.7. The molecule has 0 N–H and O–H groups in total. The van der Waals surface area contributed by atoms with Crippen LogP contribution in [-0.4, -0.2) is 14.5 Å². The molecule has 20 heavy (non-hydrogen) atoms. The van der Waals surface area contributed by atoms with E-state index in [4.69, 9.17) is 23.2 Å². The predicted molar refractivity (Wildman–Crippen MR) is 95.3 cm³/mol. The van der Waals surface area contributed by atoms with Gasteiger partial charge in [-0.15, -0.1) is 23.2 Å². The zero-order valence-electron chi connectivity index (χ0n) is 12.3. The minimum atomic E-state index is -0.581. The second-order valence-electron chi connectivity index (χ2n) is 7.74. The molecule has 0 amide bonds. The molecule has 3 aliphatic carbocycles. The van der Waals surface area contributed by atoms with Gasteiger partial charge in [0.25, 0.3) is 0 Å². The van der Waals surface area contributed by atoms with E-state index < -0.39 is 4.33 Å². The third kappa shape index (κ3) is 1.72. The quantitative estimate of drug-likeness (QED) is 0.320. The third-order valence-electron chi connectivity index (χ3n) is 6.48. The van der Waals surface area contributed by atoms with Gasteiger partial charge in [0.05, 0.1) is 0 Å². The lowest BCUT2D eigenvalue weighted by Gasteiger charge is -2.44. The fourth-order valence-electron chi connectivity index (χ4n) is 5.14. The van der Waals surface area contributed by atoms with Gasteiger partial charge in [0.15, 0.2) is 0 Å². The van der Waals surface area contributed by atoms with Crippen molar-refractivity contribution in [1.82, 2.24) is 0 Å². The Labute approximate surface area is 149 Å². The molecule has 2 saturated carbocycles. The lowest BCUT2D eigenvalue weighted by atomic mass is 9.63. The fraction of sp³-hybridized carbons (Fsp3) is 0.875. The average Bonchev–Trinajstić information content (AvgIpc) is 2.73. The third-order valence-corrected chi connectivity index (χ3v) is 9.55. The van der Waals surface area contributed by atoms with Crippen molar-refractivity contribution in [3.05, 3.63) is 11.6 Å². The van der Waals surface area contributed by atoms with Crippen LogP contribution in [0.1, 0.15) is 46.5 Å². The predicted octanol–water partition coefficient (Wildman–Crippen LogP) is 6.48. The minimum absolute atomic E-state index is 0.0307. The summed E-state index contributed by atoms with van der Waals surface area (Å²) < 4.78 is -0.581. The van der Waals surface area contributed by atoms with Gasteiger partial charge in [0, 0.05) is 21.0 Å². The molecule has 4 heteroatoms. The van der Waals surface area contributed by atoms with Crippen LogP contribution in [0.15, 0.2) is 11.6 Å². The fourth-order valence-corrected chi connectivity index (χ4v) is 8.21. The largest absolute Gasteiger partial charge is 0.131 e. The number of hydrogen-bond donors (Lipinski definition) is 0. The normalized spacial score (nSPS) is 48.6. The maximum absolute atomic E-state index is 6.88. The molecule has 114 valence electrons. The highest BCUT2D eigenvalue weighted by atomic mass is 79.9. The van der Waals surface area contributed by atoms with E-state index >= 15 is 0 Å². The Morgan fingerprint density at radius 1 is 1.25 bits per heavy atom. The molecule has 0 aliphatic heterocycles. The number of hydrogen-bond acceptors (Lipinski definition) is 0. The standard InChI is InChI=1S/C16H22Br2Cl2/c1-13(2)5-4-6-14(3)15(16(14,19)20)8-11(18)10(9-17)7-12(13)15/h7,11-12H,4-6,8-9H2,1-3H3/t11-,12+,14+,15-/m0/s1. The molecule has 1 spiro atoms. The van der Waals surface area contributed by atoms with E-state index in [-0.39, 0.29) is 16.2 Å². The molecular formula is C16H22Br2Cl2. The van der Waals surface area contributed by atoms with Crippen LogP contribution in [0, 0.1) is 22.2 Å². The summed E-state index contributed by atoms with van der Waals surface area (Å²) in [6.45, 7) is 7.10. The van der Waals surface area contributed by atoms with Crippen molar-refractivity contribution in [3.8, 4) is 0 Å². The molecule has 0 radical (unpaired) electrons. The van der Waals surface area contributed by atoms with E-state index in [9.17, 15) is 0 Å².